The summed E-state index contributed by atoms with van der Waals surface area (Å²) in [6, 6.07) is 0. The molecule has 1 heteroatoms. The average molecular weight is 220 g/mol. The maximum absolute atomic E-state index is 9.84. The van der Waals surface area contributed by atoms with Gasteiger partial charge in [0.1, 0.15) is 0 Å². The monoisotopic (exact) mass is 220 g/mol. The summed E-state index contributed by atoms with van der Waals surface area (Å²) in [5, 5.41) is 9.84. The van der Waals surface area contributed by atoms with Crippen LogP contribution in [0.15, 0.2) is 0 Å². The van der Waals surface area contributed by atoms with Gasteiger partial charge < -0.3 is 5.11 Å². The van der Waals surface area contributed by atoms with Crippen LogP contribution < -0.4 is 0 Å². The normalized spacial score (nSPS) is 70.5. The van der Waals surface area contributed by atoms with Crippen LogP contribution in [-0.4, -0.2) is 11.7 Å². The molecule has 0 amide bonds. The molecule has 4 aliphatic rings. The van der Waals surface area contributed by atoms with Gasteiger partial charge in [-0.1, -0.05) is 20.8 Å². The summed E-state index contributed by atoms with van der Waals surface area (Å²) in [6.07, 6.45) is 5.69. The molecule has 1 nitrogen and oxygen atoms in total. The fourth-order valence-corrected chi connectivity index (χ4v) is 7.55. The van der Waals surface area contributed by atoms with Crippen LogP contribution in [0.25, 0.3) is 0 Å². The summed E-state index contributed by atoms with van der Waals surface area (Å²) in [5.74, 6) is 3.36. The van der Waals surface area contributed by atoms with E-state index in [9.17, 15) is 5.11 Å². The molecule has 0 saturated heterocycles. The van der Waals surface area contributed by atoms with Crippen LogP contribution in [0, 0.1) is 39.9 Å². The SMILES string of the molecule is C[C@H]1CC[C@]2(C)[C@H](CO)[C@H]3[C@H]4CC[C@@]12[C@@]34C. The predicted octanol–water partition coefficient (Wildman–Crippen LogP) is 3.08. The number of rotatable bonds is 1. The van der Waals surface area contributed by atoms with Crippen molar-refractivity contribution in [3.8, 4) is 0 Å². The molecule has 1 spiro atoms. The van der Waals surface area contributed by atoms with Gasteiger partial charge >= 0.3 is 0 Å². The lowest BCUT2D eigenvalue weighted by Gasteiger charge is -2.47. The predicted molar refractivity (Wildman–Crippen MR) is 63.8 cm³/mol. The second-order valence-electron chi connectivity index (χ2n) is 7.57. The topological polar surface area (TPSA) is 20.2 Å². The Labute approximate surface area is 98.6 Å². The molecule has 0 radical (unpaired) electrons. The Hall–Kier alpha value is -0.0400. The first kappa shape index (κ1) is 9.94. The Bertz CT molecular complexity index is 364. The summed E-state index contributed by atoms with van der Waals surface area (Å²) < 4.78 is 0. The van der Waals surface area contributed by atoms with E-state index in [1.807, 2.05) is 0 Å². The number of aliphatic hydroxyl groups excluding tert-OH is 1. The zero-order valence-corrected chi connectivity index (χ0v) is 10.8. The third kappa shape index (κ3) is 0.611. The largest absolute Gasteiger partial charge is 0.396 e. The first-order valence-electron chi connectivity index (χ1n) is 7.15. The smallest absolute Gasteiger partial charge is 0.0467 e. The molecule has 0 unspecified atom stereocenters. The lowest BCUT2D eigenvalue weighted by molar-refractivity contribution is -0.0103. The molecular weight excluding hydrogens is 196 g/mol. The van der Waals surface area contributed by atoms with E-state index in [2.05, 4.69) is 20.8 Å². The van der Waals surface area contributed by atoms with Gasteiger partial charge in [-0.25, -0.2) is 0 Å². The highest BCUT2D eigenvalue weighted by Gasteiger charge is 2.88. The van der Waals surface area contributed by atoms with Crippen molar-refractivity contribution in [3.63, 3.8) is 0 Å². The summed E-state index contributed by atoms with van der Waals surface area (Å²) in [6.45, 7) is 8.01. The van der Waals surface area contributed by atoms with Gasteiger partial charge in [-0.2, -0.15) is 0 Å². The average Bonchev–Trinajstić information content (AvgIpc) is 2.52. The standard InChI is InChI=1S/C15H24O/c1-9-4-6-13(2)11(8-16)12-10-5-7-15(9,13)14(10,12)3/h9-12,16H,4-8H2,1-3H3/t9-,10+,11+,12+,13+,14+,15+/m0/s1. The summed E-state index contributed by atoms with van der Waals surface area (Å²) in [7, 11) is 0. The minimum absolute atomic E-state index is 0.446. The van der Waals surface area contributed by atoms with Gasteiger partial charge in [0.25, 0.3) is 0 Å². The van der Waals surface area contributed by atoms with Gasteiger partial charge in [0.2, 0.25) is 0 Å². The van der Waals surface area contributed by atoms with Crippen LogP contribution in [-0.2, 0) is 0 Å². The van der Waals surface area contributed by atoms with Crippen molar-refractivity contribution in [2.45, 2.75) is 46.5 Å². The van der Waals surface area contributed by atoms with Crippen molar-refractivity contribution in [2.75, 3.05) is 6.61 Å². The first-order valence-corrected chi connectivity index (χ1v) is 7.15. The van der Waals surface area contributed by atoms with Crippen LogP contribution in [0.5, 0.6) is 0 Å². The molecule has 1 N–H and O–H groups in total. The molecule has 0 aromatic rings. The second kappa shape index (κ2) is 2.39. The van der Waals surface area contributed by atoms with Crippen molar-refractivity contribution in [1.29, 1.82) is 0 Å². The highest BCUT2D eigenvalue weighted by atomic mass is 16.3. The summed E-state index contributed by atoms with van der Waals surface area (Å²) in [5.41, 5.74) is 1.68. The third-order valence-electron chi connectivity index (χ3n) is 8.00. The zero-order chi connectivity index (χ0) is 11.3. The van der Waals surface area contributed by atoms with Crippen LogP contribution >= 0.6 is 0 Å². The first-order chi connectivity index (χ1) is 7.54. The van der Waals surface area contributed by atoms with Gasteiger partial charge in [0, 0.05) is 6.61 Å². The number of fused-ring (bicyclic) bond motifs is 1. The van der Waals surface area contributed by atoms with Crippen LogP contribution in [0.4, 0.5) is 0 Å². The summed E-state index contributed by atoms with van der Waals surface area (Å²) >= 11 is 0. The molecule has 0 aromatic carbocycles. The van der Waals surface area contributed by atoms with E-state index in [-0.39, 0.29) is 0 Å². The molecule has 4 fully saturated rings. The molecule has 0 aliphatic heterocycles. The fraction of sp³-hybridized carbons (Fsp3) is 1.00. The van der Waals surface area contributed by atoms with E-state index in [4.69, 9.17) is 0 Å². The van der Waals surface area contributed by atoms with Gasteiger partial charge in [0.15, 0.2) is 0 Å². The van der Waals surface area contributed by atoms with Crippen LogP contribution in [0.1, 0.15) is 46.5 Å². The molecule has 0 bridgehead atoms. The molecular formula is C15H24O. The van der Waals surface area contributed by atoms with Gasteiger partial charge in [-0.3, -0.25) is 0 Å². The Kier molecular flexibility index (Phi) is 1.48. The Morgan fingerprint density at radius 3 is 2.62 bits per heavy atom. The molecule has 4 aliphatic carbocycles. The molecule has 0 aromatic heterocycles. The molecule has 16 heavy (non-hydrogen) atoms. The van der Waals surface area contributed by atoms with Gasteiger partial charge in [0.05, 0.1) is 0 Å². The minimum Gasteiger partial charge on any atom is -0.396 e. The quantitative estimate of drug-likeness (QED) is 0.720. The van der Waals surface area contributed by atoms with Crippen molar-refractivity contribution >= 4 is 0 Å². The molecule has 7 atom stereocenters. The van der Waals surface area contributed by atoms with E-state index < -0.39 is 0 Å². The highest BCUT2D eigenvalue weighted by molar-refractivity contribution is 5.35. The molecule has 4 saturated carbocycles. The maximum atomic E-state index is 9.84. The molecule has 4 rings (SSSR count). The van der Waals surface area contributed by atoms with Crippen molar-refractivity contribution in [2.24, 2.45) is 39.9 Å². The van der Waals surface area contributed by atoms with Crippen LogP contribution in [0.3, 0.4) is 0 Å². The van der Waals surface area contributed by atoms with Crippen molar-refractivity contribution < 1.29 is 5.11 Å². The third-order valence-corrected chi connectivity index (χ3v) is 8.00. The Balaban J connectivity index is 1.93. The lowest BCUT2D eigenvalue weighted by atomic mass is 9.57. The number of hydrogen-bond acceptors (Lipinski definition) is 1. The second-order valence-corrected chi connectivity index (χ2v) is 7.57. The lowest BCUT2D eigenvalue weighted by Crippen LogP contribution is -2.43. The summed E-state index contributed by atoms with van der Waals surface area (Å²) in [4.78, 5) is 0. The number of aliphatic hydroxyl groups is 1. The Morgan fingerprint density at radius 2 is 1.94 bits per heavy atom. The van der Waals surface area contributed by atoms with E-state index in [0.717, 1.165) is 17.8 Å². The van der Waals surface area contributed by atoms with Gasteiger partial charge in [-0.05, 0) is 65.6 Å². The van der Waals surface area contributed by atoms with Crippen molar-refractivity contribution in [3.05, 3.63) is 0 Å². The fourth-order valence-electron chi connectivity index (χ4n) is 7.55. The van der Waals surface area contributed by atoms with E-state index in [1.54, 1.807) is 0 Å². The van der Waals surface area contributed by atoms with Crippen LogP contribution in [0.2, 0.25) is 0 Å². The number of hydrogen-bond donors (Lipinski definition) is 1. The van der Waals surface area contributed by atoms with Gasteiger partial charge in [-0.15, -0.1) is 0 Å². The van der Waals surface area contributed by atoms with E-state index in [1.165, 1.54) is 25.7 Å². The minimum atomic E-state index is 0.446. The van der Waals surface area contributed by atoms with E-state index in [0.29, 0.717) is 28.8 Å². The van der Waals surface area contributed by atoms with E-state index >= 15 is 0 Å². The maximum Gasteiger partial charge on any atom is 0.0467 e. The zero-order valence-electron chi connectivity index (χ0n) is 10.8. The van der Waals surface area contributed by atoms with Crippen molar-refractivity contribution in [1.82, 2.24) is 0 Å². The highest BCUT2D eigenvalue weighted by Crippen LogP contribution is 2.93. The molecule has 0 heterocycles. The Morgan fingerprint density at radius 1 is 1.19 bits per heavy atom. The molecule has 90 valence electrons.